The van der Waals surface area contributed by atoms with E-state index >= 15 is 0 Å². The van der Waals surface area contributed by atoms with Crippen molar-refractivity contribution in [2.45, 2.75) is 38.1 Å². The van der Waals surface area contributed by atoms with Gasteiger partial charge in [0.05, 0.1) is 17.4 Å². The molecule has 0 N–H and O–H groups in total. The van der Waals surface area contributed by atoms with Crippen molar-refractivity contribution in [1.82, 2.24) is 4.31 Å². The molecule has 1 fully saturated rings. The monoisotopic (exact) mass is 325 g/mol. The maximum Gasteiger partial charge on any atom is 0.330 e. The molecule has 1 aliphatic rings. The van der Waals surface area contributed by atoms with Crippen molar-refractivity contribution in [3.63, 3.8) is 0 Å². The summed E-state index contributed by atoms with van der Waals surface area (Å²) in [5.74, 6) is -1.87. The van der Waals surface area contributed by atoms with Crippen molar-refractivity contribution in [1.29, 1.82) is 0 Å². The lowest BCUT2D eigenvalue weighted by Crippen LogP contribution is -2.66. The van der Waals surface area contributed by atoms with Crippen molar-refractivity contribution in [3.05, 3.63) is 29.8 Å². The van der Waals surface area contributed by atoms with Crippen molar-refractivity contribution < 1.29 is 22.7 Å². The summed E-state index contributed by atoms with van der Waals surface area (Å²) in [6, 6.07) is 5.09. The highest BCUT2D eigenvalue weighted by Gasteiger charge is 2.57. The van der Waals surface area contributed by atoms with Gasteiger partial charge in [-0.25, -0.2) is 17.5 Å². The average molecular weight is 325 g/mol. The van der Waals surface area contributed by atoms with Gasteiger partial charge in [0.25, 0.3) is 10.0 Å². The van der Waals surface area contributed by atoms with Crippen LogP contribution in [0.1, 0.15) is 25.8 Å². The minimum absolute atomic E-state index is 0.00435. The summed E-state index contributed by atoms with van der Waals surface area (Å²) >= 11 is 0. The second-order valence-electron chi connectivity index (χ2n) is 5.16. The fourth-order valence-corrected chi connectivity index (χ4v) is 4.11. The second kappa shape index (κ2) is 6.08. The Kier molecular flexibility index (Phi) is 4.55. The molecule has 2 unspecified atom stereocenters. The van der Waals surface area contributed by atoms with Crippen LogP contribution in [0.4, 0.5) is 0 Å². The molecule has 1 heterocycles. The quantitative estimate of drug-likeness (QED) is 0.605. The van der Waals surface area contributed by atoms with E-state index in [2.05, 4.69) is 0 Å². The zero-order chi connectivity index (χ0) is 16.5. The predicted molar refractivity (Wildman–Crippen MR) is 79.4 cm³/mol. The van der Waals surface area contributed by atoms with E-state index in [1.807, 2.05) is 6.92 Å². The van der Waals surface area contributed by atoms with Crippen LogP contribution in [0.25, 0.3) is 0 Å². The first-order chi connectivity index (χ1) is 10.3. The van der Waals surface area contributed by atoms with Crippen LogP contribution in [-0.2, 0) is 24.3 Å². The number of benzene rings is 1. The van der Waals surface area contributed by atoms with Crippen LogP contribution >= 0.6 is 0 Å². The molecule has 120 valence electrons. The second-order valence-corrected chi connectivity index (χ2v) is 6.98. The molecule has 22 heavy (non-hydrogen) atoms. The number of hydrogen-bond acceptors (Lipinski definition) is 5. The third kappa shape index (κ3) is 2.61. The molecule has 1 saturated heterocycles. The topological polar surface area (TPSA) is 80.8 Å². The van der Waals surface area contributed by atoms with E-state index in [1.54, 1.807) is 26.0 Å². The zero-order valence-corrected chi connectivity index (χ0v) is 13.6. The van der Waals surface area contributed by atoms with Gasteiger partial charge in [-0.3, -0.25) is 4.79 Å². The summed E-state index contributed by atoms with van der Waals surface area (Å²) in [6.45, 7) is 5.35. The number of hydrogen-bond donors (Lipinski definition) is 0. The molecule has 0 radical (unpaired) electrons. The highest BCUT2D eigenvalue weighted by atomic mass is 32.2. The highest BCUT2D eigenvalue weighted by Crippen LogP contribution is 2.35. The standard InChI is InChI=1S/C15H19NO5S/c1-4-12-13(15(18)21-5-2)16(14(12)17)22(19,20)11-8-6-10(3)7-9-11/h6-9,12-13H,4-5H2,1-3H3. The molecule has 0 aliphatic carbocycles. The first-order valence-corrected chi connectivity index (χ1v) is 8.60. The normalized spacial score (nSPS) is 21.4. The predicted octanol–water partition coefficient (Wildman–Crippen LogP) is 1.48. The molecule has 7 heteroatoms. The van der Waals surface area contributed by atoms with Crippen LogP contribution in [0.2, 0.25) is 0 Å². The minimum atomic E-state index is -4.04. The number of ether oxygens (including phenoxy) is 1. The highest BCUT2D eigenvalue weighted by molar-refractivity contribution is 7.89. The Balaban J connectivity index is 2.38. The number of rotatable bonds is 5. The maximum atomic E-state index is 12.6. The molecule has 1 aromatic rings. The summed E-state index contributed by atoms with van der Waals surface area (Å²) in [4.78, 5) is 24.1. The fourth-order valence-electron chi connectivity index (χ4n) is 2.49. The first kappa shape index (κ1) is 16.5. The summed E-state index contributed by atoms with van der Waals surface area (Å²) in [7, 11) is -4.04. The lowest BCUT2D eigenvalue weighted by Gasteiger charge is -2.43. The van der Waals surface area contributed by atoms with E-state index in [4.69, 9.17) is 4.74 Å². The Bertz CT molecular complexity index is 680. The summed E-state index contributed by atoms with van der Waals surface area (Å²) < 4.78 is 30.8. The number of sulfonamides is 1. The van der Waals surface area contributed by atoms with Gasteiger partial charge in [-0.2, -0.15) is 0 Å². The van der Waals surface area contributed by atoms with Gasteiger partial charge in [0.1, 0.15) is 0 Å². The van der Waals surface area contributed by atoms with Gasteiger partial charge in [0.2, 0.25) is 5.91 Å². The summed E-state index contributed by atoms with van der Waals surface area (Å²) in [5.41, 5.74) is 0.905. The van der Waals surface area contributed by atoms with E-state index in [-0.39, 0.29) is 11.5 Å². The van der Waals surface area contributed by atoms with E-state index in [0.29, 0.717) is 10.7 Å². The largest absolute Gasteiger partial charge is 0.464 e. The van der Waals surface area contributed by atoms with Gasteiger partial charge in [-0.15, -0.1) is 0 Å². The molecule has 0 aromatic heterocycles. The Morgan fingerprint density at radius 1 is 1.23 bits per heavy atom. The molecule has 0 spiro atoms. The Morgan fingerprint density at radius 2 is 1.82 bits per heavy atom. The van der Waals surface area contributed by atoms with Crippen LogP contribution in [0.15, 0.2) is 29.2 Å². The van der Waals surface area contributed by atoms with Gasteiger partial charge in [-0.05, 0) is 32.4 Å². The van der Waals surface area contributed by atoms with E-state index in [0.717, 1.165) is 5.56 Å². The molecule has 0 bridgehead atoms. The zero-order valence-electron chi connectivity index (χ0n) is 12.8. The summed E-state index contributed by atoms with van der Waals surface area (Å²) in [6.07, 6.45) is 0.391. The van der Waals surface area contributed by atoms with Crippen molar-refractivity contribution in [3.8, 4) is 0 Å². The Labute approximate surface area is 130 Å². The number of carbonyl (C=O) groups excluding carboxylic acids is 2. The first-order valence-electron chi connectivity index (χ1n) is 7.16. The van der Waals surface area contributed by atoms with E-state index < -0.39 is 33.9 Å². The molecular formula is C15H19NO5S. The lowest BCUT2D eigenvalue weighted by atomic mass is 9.88. The van der Waals surface area contributed by atoms with Crippen LogP contribution in [0, 0.1) is 12.8 Å². The van der Waals surface area contributed by atoms with Crippen molar-refractivity contribution >= 4 is 21.9 Å². The third-order valence-electron chi connectivity index (χ3n) is 3.71. The summed E-state index contributed by atoms with van der Waals surface area (Å²) in [5, 5.41) is 0. The van der Waals surface area contributed by atoms with Gasteiger partial charge in [-0.1, -0.05) is 24.6 Å². The number of nitrogens with zero attached hydrogens (tertiary/aromatic N) is 1. The molecule has 1 aliphatic heterocycles. The number of carbonyl (C=O) groups is 2. The maximum absolute atomic E-state index is 12.6. The van der Waals surface area contributed by atoms with Gasteiger partial charge >= 0.3 is 5.97 Å². The number of aryl methyl sites for hydroxylation is 1. The minimum Gasteiger partial charge on any atom is -0.464 e. The van der Waals surface area contributed by atoms with Gasteiger partial charge in [0.15, 0.2) is 6.04 Å². The van der Waals surface area contributed by atoms with Crippen LogP contribution in [0.3, 0.4) is 0 Å². The number of β-lactam (4-membered cyclic amide) rings is 1. The van der Waals surface area contributed by atoms with Gasteiger partial charge < -0.3 is 4.74 Å². The molecule has 1 amide bonds. The fraction of sp³-hybridized carbons (Fsp3) is 0.467. The molecule has 2 rings (SSSR count). The molecule has 6 nitrogen and oxygen atoms in total. The Hall–Kier alpha value is -1.89. The molecule has 1 aromatic carbocycles. The van der Waals surface area contributed by atoms with Crippen LogP contribution in [0.5, 0.6) is 0 Å². The van der Waals surface area contributed by atoms with E-state index in [9.17, 15) is 18.0 Å². The van der Waals surface area contributed by atoms with Crippen LogP contribution in [-0.4, -0.2) is 37.2 Å². The average Bonchev–Trinajstić information content (AvgIpc) is 2.45. The van der Waals surface area contributed by atoms with Crippen molar-refractivity contribution in [2.75, 3.05) is 6.61 Å². The van der Waals surface area contributed by atoms with E-state index in [1.165, 1.54) is 12.1 Å². The third-order valence-corrected chi connectivity index (χ3v) is 5.51. The number of amides is 1. The molecular weight excluding hydrogens is 306 g/mol. The number of esters is 1. The molecule has 2 atom stereocenters. The Morgan fingerprint density at radius 3 is 2.32 bits per heavy atom. The van der Waals surface area contributed by atoms with Crippen LogP contribution < -0.4 is 0 Å². The van der Waals surface area contributed by atoms with Gasteiger partial charge in [0, 0.05) is 0 Å². The van der Waals surface area contributed by atoms with Crippen molar-refractivity contribution in [2.24, 2.45) is 5.92 Å². The lowest BCUT2D eigenvalue weighted by molar-refractivity contribution is -0.166. The molecule has 0 saturated carbocycles. The smallest absolute Gasteiger partial charge is 0.330 e. The SMILES string of the molecule is CCOC(=O)C1C(CC)C(=O)N1S(=O)(=O)c1ccc(C)cc1.